The number of rotatable bonds is 0. The van der Waals surface area contributed by atoms with Gasteiger partial charge in [0.25, 0.3) is 0 Å². The van der Waals surface area contributed by atoms with Gasteiger partial charge in [-0.25, -0.2) is 0 Å². The normalized spacial score (nSPS) is 39.6. The van der Waals surface area contributed by atoms with Gasteiger partial charge in [0.2, 0.25) is 0 Å². The Bertz CT molecular complexity index is 300. The van der Waals surface area contributed by atoms with Crippen molar-refractivity contribution >= 4 is 0 Å². The van der Waals surface area contributed by atoms with Crippen LogP contribution in [0.2, 0.25) is 0 Å². The van der Waals surface area contributed by atoms with Gasteiger partial charge in [-0.3, -0.25) is 0 Å². The third-order valence-corrected chi connectivity index (χ3v) is 5.28. The summed E-state index contributed by atoms with van der Waals surface area (Å²) in [5.41, 5.74) is 3.56. The first-order valence-corrected chi connectivity index (χ1v) is 8.37. The van der Waals surface area contributed by atoms with Crippen LogP contribution >= 0.6 is 0 Å². The van der Waals surface area contributed by atoms with Gasteiger partial charge in [-0.2, -0.15) is 0 Å². The van der Waals surface area contributed by atoms with Gasteiger partial charge < -0.3 is 0 Å². The minimum atomic E-state index is 0.951. The summed E-state index contributed by atoms with van der Waals surface area (Å²) in [6.07, 6.45) is 22.5. The van der Waals surface area contributed by atoms with E-state index in [9.17, 15) is 0 Å². The van der Waals surface area contributed by atoms with Gasteiger partial charge in [-0.1, -0.05) is 50.7 Å². The largest absolute Gasteiger partial charge is 0.0807 e. The van der Waals surface area contributed by atoms with E-state index in [0.29, 0.717) is 0 Å². The molecule has 0 spiro atoms. The molecule has 3 aliphatic carbocycles. The molecule has 0 aliphatic heterocycles. The highest BCUT2D eigenvalue weighted by Crippen LogP contribution is 2.51. The van der Waals surface area contributed by atoms with Crippen LogP contribution in [-0.4, -0.2) is 0 Å². The predicted octanol–water partition coefficient (Wildman–Crippen LogP) is 5.79. The van der Waals surface area contributed by atoms with Crippen molar-refractivity contribution in [2.24, 2.45) is 11.8 Å². The fraction of sp³-hybridized carbons (Fsp3) is 0.778. The quantitative estimate of drug-likeness (QED) is 0.505. The molecule has 1 fully saturated rings. The van der Waals surface area contributed by atoms with E-state index >= 15 is 0 Å². The second-order valence-electron chi connectivity index (χ2n) is 6.52. The maximum absolute atomic E-state index is 2.61. The minimum absolute atomic E-state index is 0.951. The SMILES string of the molecule is C1=C2/C3=C/CCCCCC[C@H]3[C@@H]2CCCCCC/1. The summed E-state index contributed by atoms with van der Waals surface area (Å²) >= 11 is 0. The molecule has 0 aromatic heterocycles. The molecule has 0 aromatic rings. The Morgan fingerprint density at radius 1 is 0.556 bits per heavy atom. The smallest absolute Gasteiger partial charge is 0.00935 e. The highest BCUT2D eigenvalue weighted by Gasteiger charge is 2.39. The van der Waals surface area contributed by atoms with E-state index in [-0.39, 0.29) is 0 Å². The van der Waals surface area contributed by atoms with Crippen LogP contribution in [0.5, 0.6) is 0 Å². The molecule has 3 aliphatic rings. The van der Waals surface area contributed by atoms with Crippen molar-refractivity contribution in [1.82, 2.24) is 0 Å². The van der Waals surface area contributed by atoms with Crippen molar-refractivity contribution in [1.29, 1.82) is 0 Å². The molecule has 2 atom stereocenters. The van der Waals surface area contributed by atoms with Crippen LogP contribution in [0.15, 0.2) is 23.3 Å². The summed E-state index contributed by atoms with van der Waals surface area (Å²) in [6.45, 7) is 0. The summed E-state index contributed by atoms with van der Waals surface area (Å²) in [5, 5.41) is 0. The monoisotopic (exact) mass is 244 g/mol. The zero-order valence-electron chi connectivity index (χ0n) is 11.8. The van der Waals surface area contributed by atoms with Crippen molar-refractivity contribution < 1.29 is 0 Å². The van der Waals surface area contributed by atoms with E-state index in [1.54, 1.807) is 11.1 Å². The Labute approximate surface area is 113 Å². The number of fused-ring (bicyclic) bond motifs is 4. The van der Waals surface area contributed by atoms with Crippen molar-refractivity contribution in [2.75, 3.05) is 0 Å². The first-order chi connectivity index (χ1) is 8.97. The van der Waals surface area contributed by atoms with Gasteiger partial charge in [0.1, 0.15) is 0 Å². The topological polar surface area (TPSA) is 0 Å². The lowest BCUT2D eigenvalue weighted by molar-refractivity contribution is 0.307. The lowest BCUT2D eigenvalue weighted by Gasteiger charge is -2.43. The molecule has 0 N–H and O–H groups in total. The highest BCUT2D eigenvalue weighted by molar-refractivity contribution is 5.46. The third kappa shape index (κ3) is 2.58. The molecule has 0 bridgehead atoms. The van der Waals surface area contributed by atoms with E-state index in [4.69, 9.17) is 0 Å². The Kier molecular flexibility index (Phi) is 4.23. The third-order valence-electron chi connectivity index (χ3n) is 5.28. The summed E-state index contributed by atoms with van der Waals surface area (Å²) in [5.74, 6) is 1.90. The average Bonchev–Trinajstić information content (AvgIpc) is 2.53. The van der Waals surface area contributed by atoms with Crippen LogP contribution in [0, 0.1) is 11.8 Å². The second kappa shape index (κ2) is 6.08. The average molecular weight is 244 g/mol. The molecule has 0 unspecified atom stereocenters. The van der Waals surface area contributed by atoms with E-state index in [1.165, 1.54) is 77.0 Å². The maximum Gasteiger partial charge on any atom is -0.00935 e. The van der Waals surface area contributed by atoms with Crippen LogP contribution in [0.1, 0.15) is 77.0 Å². The van der Waals surface area contributed by atoms with E-state index in [0.717, 1.165) is 11.8 Å². The Hall–Kier alpha value is -0.520. The van der Waals surface area contributed by atoms with Gasteiger partial charge >= 0.3 is 0 Å². The van der Waals surface area contributed by atoms with Crippen LogP contribution in [-0.2, 0) is 0 Å². The molecule has 0 amide bonds. The Morgan fingerprint density at radius 2 is 1.00 bits per heavy atom. The molecule has 0 radical (unpaired) electrons. The molecule has 0 heteroatoms. The summed E-state index contributed by atoms with van der Waals surface area (Å²) in [7, 11) is 0. The van der Waals surface area contributed by atoms with E-state index in [1.807, 2.05) is 0 Å². The fourth-order valence-corrected chi connectivity index (χ4v) is 4.26. The van der Waals surface area contributed by atoms with Crippen LogP contribution < -0.4 is 0 Å². The highest BCUT2D eigenvalue weighted by atomic mass is 14.4. The molecule has 0 heterocycles. The molecule has 100 valence electrons. The molecule has 0 nitrogen and oxygen atoms in total. The van der Waals surface area contributed by atoms with Gasteiger partial charge in [-0.15, -0.1) is 0 Å². The first-order valence-electron chi connectivity index (χ1n) is 8.37. The molecule has 0 aromatic carbocycles. The lowest BCUT2D eigenvalue weighted by Crippen LogP contribution is -2.32. The second-order valence-corrected chi connectivity index (χ2v) is 6.52. The molecule has 3 rings (SSSR count). The van der Waals surface area contributed by atoms with E-state index in [2.05, 4.69) is 12.2 Å². The summed E-state index contributed by atoms with van der Waals surface area (Å²) < 4.78 is 0. The standard InChI is InChI=1S/C18H28/c1-3-7-11-15-16(12-8-4-1)18-14-10-6-2-5-9-13-17(15)18/h11,13,16,18H,1-10,12,14H2/b15-11+,17-13-/t16-,18+/m1/s1. The summed E-state index contributed by atoms with van der Waals surface area (Å²) in [6, 6.07) is 0. The van der Waals surface area contributed by atoms with Crippen LogP contribution in [0.25, 0.3) is 0 Å². The van der Waals surface area contributed by atoms with Gasteiger partial charge in [-0.05, 0) is 61.5 Å². The Morgan fingerprint density at radius 3 is 1.50 bits per heavy atom. The summed E-state index contributed by atoms with van der Waals surface area (Å²) in [4.78, 5) is 0. The van der Waals surface area contributed by atoms with Crippen molar-refractivity contribution in [3.05, 3.63) is 23.3 Å². The fourth-order valence-electron chi connectivity index (χ4n) is 4.26. The van der Waals surface area contributed by atoms with E-state index < -0.39 is 0 Å². The molecule has 18 heavy (non-hydrogen) atoms. The predicted molar refractivity (Wildman–Crippen MR) is 78.6 cm³/mol. The zero-order valence-corrected chi connectivity index (χ0v) is 11.8. The molecular weight excluding hydrogens is 216 g/mol. The zero-order chi connectivity index (χ0) is 12.2. The molecule has 0 saturated heterocycles. The number of hydrogen-bond donors (Lipinski definition) is 0. The first kappa shape index (κ1) is 12.5. The van der Waals surface area contributed by atoms with Gasteiger partial charge in [0, 0.05) is 0 Å². The van der Waals surface area contributed by atoms with Crippen molar-refractivity contribution in [2.45, 2.75) is 77.0 Å². The van der Waals surface area contributed by atoms with Gasteiger partial charge in [0.05, 0.1) is 0 Å². The molecular formula is C18H28. The number of hydrogen-bond acceptors (Lipinski definition) is 0. The number of allylic oxidation sites excluding steroid dienone is 4. The molecule has 1 saturated carbocycles. The minimum Gasteiger partial charge on any atom is -0.0807 e. The maximum atomic E-state index is 2.61. The Balaban J connectivity index is 1.77. The lowest BCUT2D eigenvalue weighted by atomic mass is 9.61. The van der Waals surface area contributed by atoms with Crippen LogP contribution in [0.4, 0.5) is 0 Å². The van der Waals surface area contributed by atoms with Crippen LogP contribution in [0.3, 0.4) is 0 Å². The van der Waals surface area contributed by atoms with Crippen molar-refractivity contribution in [3.63, 3.8) is 0 Å². The van der Waals surface area contributed by atoms with Gasteiger partial charge in [0.15, 0.2) is 0 Å². The van der Waals surface area contributed by atoms with Crippen molar-refractivity contribution in [3.8, 4) is 0 Å².